The van der Waals surface area contributed by atoms with Gasteiger partial charge in [0.1, 0.15) is 50.7 Å². The topological polar surface area (TPSA) is 114 Å². The minimum absolute atomic E-state index is 0.178. The Bertz CT molecular complexity index is 1500. The molecule has 2 fully saturated rings. The molecule has 266 valence electrons. The molecule has 0 aliphatic carbocycles. The Morgan fingerprint density at radius 1 is 0.540 bits per heavy atom. The van der Waals surface area contributed by atoms with Crippen LogP contribution in [0.1, 0.15) is 77.0 Å². The summed E-state index contributed by atoms with van der Waals surface area (Å²) in [6.07, 6.45) is 15.2. The van der Waals surface area contributed by atoms with Gasteiger partial charge < -0.3 is 0 Å². The summed E-state index contributed by atoms with van der Waals surface area (Å²) in [5.74, 6) is -1.74. The minimum Gasteiger partial charge on any atom is -0.263 e. The predicted octanol–water partition coefficient (Wildman–Crippen LogP) is 6.16. The van der Waals surface area contributed by atoms with E-state index in [0.717, 1.165) is 99.6 Å². The second-order valence-corrected chi connectivity index (χ2v) is 13.8. The summed E-state index contributed by atoms with van der Waals surface area (Å²) < 4.78 is 0.356. The molecule has 0 unspecified atom stereocenters. The number of hydrogen-bond donors (Lipinski definition) is 0. The number of quaternary nitrogens is 2. The van der Waals surface area contributed by atoms with Crippen molar-refractivity contribution in [1.29, 1.82) is 0 Å². The number of nitrogens with zero attached hydrogens (tertiary/aromatic N) is 8. The molecule has 2 aromatic heterocycles. The zero-order valence-corrected chi connectivity index (χ0v) is 29.3. The Morgan fingerprint density at radius 3 is 1.30 bits per heavy atom. The summed E-state index contributed by atoms with van der Waals surface area (Å²) in [5, 5.41) is 18.2. The van der Waals surface area contributed by atoms with Gasteiger partial charge in [-0.2, -0.15) is 30.0 Å². The van der Waals surface area contributed by atoms with E-state index in [4.69, 9.17) is 9.68 Å². The molecule has 0 saturated carbocycles. The fourth-order valence-corrected chi connectivity index (χ4v) is 7.28. The molecule has 2 aliphatic heterocycles. The van der Waals surface area contributed by atoms with Gasteiger partial charge in [0.15, 0.2) is 0 Å². The van der Waals surface area contributed by atoms with Crippen LogP contribution < -0.4 is 0 Å². The Balaban J connectivity index is 1.01. The predicted molar refractivity (Wildman–Crippen MR) is 188 cm³/mol. The number of benzene rings is 2. The van der Waals surface area contributed by atoms with Gasteiger partial charge in [-0.1, -0.05) is 60.7 Å². The van der Waals surface area contributed by atoms with Gasteiger partial charge in [0.25, 0.3) is 0 Å². The van der Waals surface area contributed by atoms with Crippen LogP contribution in [-0.4, -0.2) is 90.5 Å². The molecule has 0 radical (unpaired) electrons. The number of likely N-dealkylation sites (tertiary alicyclic amines) is 2. The molecule has 0 atom stereocenters. The Labute approximate surface area is 295 Å². The normalized spacial score (nSPS) is 17.4. The number of carbonyl (C=O) groups is 2. The summed E-state index contributed by atoms with van der Waals surface area (Å²) in [7, 11) is 0. The van der Waals surface area contributed by atoms with E-state index in [1.807, 2.05) is 60.7 Å². The van der Waals surface area contributed by atoms with Crippen molar-refractivity contribution in [1.82, 2.24) is 30.0 Å². The molecule has 50 heavy (non-hydrogen) atoms. The lowest BCUT2D eigenvalue weighted by Gasteiger charge is -2.35. The number of aromatic nitrogens is 6. The molecule has 0 spiro atoms. The molecule has 6 rings (SSSR count). The second-order valence-electron chi connectivity index (χ2n) is 13.8. The monoisotopic (exact) mass is 684 g/mol. The Morgan fingerprint density at radius 2 is 0.920 bits per heavy atom. The minimum atomic E-state index is -0.871. The van der Waals surface area contributed by atoms with Crippen LogP contribution in [-0.2, 0) is 32.4 Å². The highest BCUT2D eigenvalue weighted by atomic mass is 16.8. The summed E-state index contributed by atoms with van der Waals surface area (Å²) in [4.78, 5) is 42.7. The van der Waals surface area contributed by atoms with E-state index < -0.39 is 11.9 Å². The van der Waals surface area contributed by atoms with Crippen LogP contribution in [0.15, 0.2) is 73.1 Å². The molecule has 2 aromatic carbocycles. The zero-order chi connectivity index (χ0) is 34.5. The Kier molecular flexibility index (Phi) is 12.4. The van der Waals surface area contributed by atoms with E-state index >= 15 is 0 Å². The lowest BCUT2D eigenvalue weighted by Crippen LogP contribution is -2.55. The third kappa shape index (κ3) is 9.85. The van der Waals surface area contributed by atoms with Crippen molar-refractivity contribution in [2.75, 3.05) is 39.3 Å². The second kappa shape index (κ2) is 17.5. The van der Waals surface area contributed by atoms with Crippen molar-refractivity contribution in [2.24, 2.45) is 0 Å². The first-order valence-corrected chi connectivity index (χ1v) is 18.6. The third-order valence-electron chi connectivity index (χ3n) is 10.0. The summed E-state index contributed by atoms with van der Waals surface area (Å²) >= 11 is 0. The van der Waals surface area contributed by atoms with Crippen molar-refractivity contribution >= 4 is 11.9 Å². The number of aryl methyl sites for hydroxylation is 2. The molecule has 0 N–H and O–H groups in total. The van der Waals surface area contributed by atoms with E-state index in [9.17, 15) is 9.59 Å². The molecule has 0 bridgehead atoms. The molecule has 12 heteroatoms. The molecule has 4 aromatic rings. The summed E-state index contributed by atoms with van der Waals surface area (Å²) in [5.41, 5.74) is 3.79. The highest BCUT2D eigenvalue weighted by molar-refractivity contribution is 6.29. The molecular formula is C38H52N8O4+2. The standard InChI is InChI=1S/C38H52N8O4/c47-37(49-45(25-13-1-2-14-26-45)29-17-11-23-43-39-31-35(41-43)33-19-7-5-8-20-33)38(48)50-46(27-15-3-4-16-28-46)30-18-12-24-44-40-32-36(42-44)34-21-9-6-10-22-34/h5-10,19-22,31-32H,1-4,11-18,23-30H2/q+2. The van der Waals surface area contributed by atoms with Gasteiger partial charge in [-0.25, -0.2) is 9.59 Å². The SMILES string of the molecule is O=C(O[N+]1(CCCCn2ncc(-c3ccccc3)n2)CCCCCC1)C(=O)O[N+]1(CCCCn2ncc(-c3ccccc3)n2)CCCCCC1. The van der Waals surface area contributed by atoms with E-state index in [2.05, 4.69) is 20.4 Å². The summed E-state index contributed by atoms with van der Waals surface area (Å²) in [6.45, 7) is 5.50. The average molecular weight is 685 g/mol. The molecular weight excluding hydrogens is 632 g/mol. The molecule has 2 aliphatic rings. The van der Waals surface area contributed by atoms with Crippen molar-refractivity contribution in [3.8, 4) is 22.5 Å². The average Bonchev–Trinajstić information content (AvgIpc) is 3.69. The van der Waals surface area contributed by atoms with Crippen molar-refractivity contribution in [3.05, 3.63) is 73.1 Å². The lowest BCUT2D eigenvalue weighted by molar-refractivity contribution is -1.09. The highest BCUT2D eigenvalue weighted by Crippen LogP contribution is 2.24. The highest BCUT2D eigenvalue weighted by Gasteiger charge is 2.42. The van der Waals surface area contributed by atoms with Crippen LogP contribution in [0.25, 0.3) is 22.5 Å². The maximum atomic E-state index is 13.5. The van der Waals surface area contributed by atoms with E-state index in [1.54, 1.807) is 22.0 Å². The zero-order valence-electron chi connectivity index (χ0n) is 29.3. The lowest BCUT2D eigenvalue weighted by atomic mass is 10.2. The van der Waals surface area contributed by atoms with Gasteiger partial charge in [0, 0.05) is 49.7 Å². The van der Waals surface area contributed by atoms with Gasteiger partial charge in [-0.05, 0) is 38.5 Å². The molecule has 4 heterocycles. The van der Waals surface area contributed by atoms with E-state index in [-0.39, 0.29) is 9.29 Å². The first-order valence-electron chi connectivity index (χ1n) is 18.6. The van der Waals surface area contributed by atoms with Crippen LogP contribution in [0.3, 0.4) is 0 Å². The van der Waals surface area contributed by atoms with Crippen LogP contribution in [0.5, 0.6) is 0 Å². The van der Waals surface area contributed by atoms with Crippen molar-refractivity contribution < 1.29 is 28.6 Å². The van der Waals surface area contributed by atoms with E-state index in [1.165, 1.54) is 0 Å². The fraction of sp³-hybridized carbons (Fsp3) is 0.526. The van der Waals surface area contributed by atoms with E-state index in [0.29, 0.717) is 52.4 Å². The van der Waals surface area contributed by atoms with Crippen LogP contribution in [0.2, 0.25) is 0 Å². The number of rotatable bonds is 14. The van der Waals surface area contributed by atoms with Gasteiger partial charge in [-0.15, -0.1) is 9.29 Å². The summed E-state index contributed by atoms with van der Waals surface area (Å²) in [6, 6.07) is 20.1. The van der Waals surface area contributed by atoms with Gasteiger partial charge in [-0.3, -0.25) is 9.68 Å². The van der Waals surface area contributed by atoms with Crippen LogP contribution >= 0.6 is 0 Å². The first-order chi connectivity index (χ1) is 24.5. The fourth-order valence-electron chi connectivity index (χ4n) is 7.28. The maximum absolute atomic E-state index is 13.5. The molecule has 2 saturated heterocycles. The molecule has 12 nitrogen and oxygen atoms in total. The molecule has 0 amide bonds. The van der Waals surface area contributed by atoms with Crippen LogP contribution in [0.4, 0.5) is 0 Å². The first kappa shape index (κ1) is 35.4. The van der Waals surface area contributed by atoms with Crippen molar-refractivity contribution in [2.45, 2.75) is 90.1 Å². The Hall–Kier alpha value is -4.42. The van der Waals surface area contributed by atoms with Gasteiger partial charge in [0.2, 0.25) is 0 Å². The largest absolute Gasteiger partial charge is 0.480 e. The number of hydroxylamine groups is 6. The number of hydrogen-bond acceptors (Lipinski definition) is 8. The van der Waals surface area contributed by atoms with Gasteiger partial charge in [0.05, 0.1) is 25.5 Å². The number of carbonyl (C=O) groups excluding carboxylic acids is 2. The van der Waals surface area contributed by atoms with Crippen LogP contribution in [0, 0.1) is 0 Å². The van der Waals surface area contributed by atoms with Gasteiger partial charge >= 0.3 is 11.9 Å². The quantitative estimate of drug-likeness (QED) is 0.0882. The third-order valence-corrected chi connectivity index (χ3v) is 10.0. The number of unbranched alkanes of at least 4 members (excludes halogenated alkanes) is 2. The van der Waals surface area contributed by atoms with Crippen molar-refractivity contribution in [3.63, 3.8) is 0 Å². The smallest absolute Gasteiger partial charge is 0.263 e. The maximum Gasteiger partial charge on any atom is 0.480 e.